The van der Waals surface area contributed by atoms with Crippen molar-refractivity contribution in [2.24, 2.45) is 5.73 Å². The second-order valence-electron chi connectivity index (χ2n) is 4.22. The lowest BCUT2D eigenvalue weighted by molar-refractivity contribution is -0.152. The zero-order chi connectivity index (χ0) is 12.2. The second kappa shape index (κ2) is 5.09. The third-order valence-corrected chi connectivity index (χ3v) is 2.24. The van der Waals surface area contributed by atoms with Crippen LogP contribution in [-0.4, -0.2) is 22.7 Å². The van der Waals surface area contributed by atoms with Gasteiger partial charge in [-0.2, -0.15) is 0 Å². The number of carbonyl (C=O) groups is 1. The summed E-state index contributed by atoms with van der Waals surface area (Å²) in [5, 5.41) is 9.53. The lowest BCUT2D eigenvalue weighted by Gasteiger charge is -2.23. The molecule has 0 unspecified atom stereocenters. The molecule has 0 radical (unpaired) electrons. The van der Waals surface area contributed by atoms with E-state index in [0.29, 0.717) is 0 Å². The molecule has 0 heterocycles. The Kier molecular flexibility index (Phi) is 4.04. The summed E-state index contributed by atoms with van der Waals surface area (Å²) in [5.41, 5.74) is 5.15. The van der Waals surface area contributed by atoms with Crippen molar-refractivity contribution in [2.45, 2.75) is 32.1 Å². The molecular formula is C12H17NO3. The van der Waals surface area contributed by atoms with Crippen LogP contribution in [0.15, 0.2) is 30.3 Å². The molecule has 1 aromatic rings. The number of esters is 1. The Labute approximate surface area is 95.0 Å². The van der Waals surface area contributed by atoms with Gasteiger partial charge >= 0.3 is 5.97 Å². The number of carbonyl (C=O) groups excluding carboxylic acids is 1. The first-order valence-electron chi connectivity index (χ1n) is 5.10. The molecule has 4 nitrogen and oxygen atoms in total. The fourth-order valence-corrected chi connectivity index (χ4v) is 1.11. The number of hydrogen-bond acceptors (Lipinski definition) is 4. The van der Waals surface area contributed by atoms with Crippen LogP contribution in [0, 0.1) is 0 Å². The molecule has 16 heavy (non-hydrogen) atoms. The Hall–Kier alpha value is -1.39. The fraction of sp³-hybridized carbons (Fsp3) is 0.417. The van der Waals surface area contributed by atoms with Crippen LogP contribution in [-0.2, 0) is 16.1 Å². The van der Waals surface area contributed by atoms with Crippen molar-refractivity contribution in [3.63, 3.8) is 0 Å². The molecule has 0 aliphatic carbocycles. The minimum Gasteiger partial charge on any atom is -0.460 e. The maximum atomic E-state index is 11.5. The molecule has 0 fully saturated rings. The average molecular weight is 223 g/mol. The SMILES string of the molecule is CC(C)(O)[C@@H](N)C(=O)OCc1ccccc1. The van der Waals surface area contributed by atoms with E-state index in [1.54, 1.807) is 0 Å². The van der Waals surface area contributed by atoms with E-state index in [4.69, 9.17) is 10.5 Å². The first-order chi connectivity index (χ1) is 7.41. The molecule has 0 bridgehead atoms. The predicted octanol–water partition coefficient (Wildman–Crippen LogP) is 0.828. The van der Waals surface area contributed by atoms with Gasteiger partial charge in [-0.15, -0.1) is 0 Å². The predicted molar refractivity (Wildman–Crippen MR) is 60.5 cm³/mol. The highest BCUT2D eigenvalue weighted by Crippen LogP contribution is 2.09. The van der Waals surface area contributed by atoms with Crippen LogP contribution in [0.2, 0.25) is 0 Å². The van der Waals surface area contributed by atoms with Crippen LogP contribution in [0.5, 0.6) is 0 Å². The number of nitrogens with two attached hydrogens (primary N) is 1. The summed E-state index contributed by atoms with van der Waals surface area (Å²) in [6.07, 6.45) is 0. The van der Waals surface area contributed by atoms with Crippen LogP contribution in [0.3, 0.4) is 0 Å². The van der Waals surface area contributed by atoms with E-state index in [0.717, 1.165) is 5.56 Å². The Bertz CT molecular complexity index is 343. The molecule has 3 N–H and O–H groups in total. The van der Waals surface area contributed by atoms with E-state index in [-0.39, 0.29) is 6.61 Å². The summed E-state index contributed by atoms with van der Waals surface area (Å²) >= 11 is 0. The van der Waals surface area contributed by atoms with Gasteiger partial charge < -0.3 is 15.6 Å². The van der Waals surface area contributed by atoms with Crippen molar-refractivity contribution >= 4 is 5.97 Å². The third kappa shape index (κ3) is 3.64. The summed E-state index contributed by atoms with van der Waals surface area (Å²) in [7, 11) is 0. The molecule has 0 aromatic heterocycles. The standard InChI is InChI=1S/C12H17NO3/c1-12(2,15)10(13)11(14)16-8-9-6-4-3-5-7-9/h3-7,10,15H,8,13H2,1-2H3/t10-/m0/s1. The minimum atomic E-state index is -1.27. The van der Waals surface area contributed by atoms with Crippen molar-refractivity contribution in [1.82, 2.24) is 0 Å². The largest absolute Gasteiger partial charge is 0.460 e. The van der Waals surface area contributed by atoms with Crippen LogP contribution in [0.25, 0.3) is 0 Å². The molecule has 0 saturated carbocycles. The molecular weight excluding hydrogens is 206 g/mol. The van der Waals surface area contributed by atoms with Gasteiger partial charge in [0.15, 0.2) is 0 Å². The van der Waals surface area contributed by atoms with Crippen molar-refractivity contribution < 1.29 is 14.6 Å². The summed E-state index contributed by atoms with van der Waals surface area (Å²) < 4.78 is 4.99. The fourth-order valence-electron chi connectivity index (χ4n) is 1.11. The summed E-state index contributed by atoms with van der Waals surface area (Å²) in [6.45, 7) is 3.12. The van der Waals surface area contributed by atoms with Gasteiger partial charge in [0.05, 0.1) is 5.60 Å². The van der Waals surface area contributed by atoms with Crippen LogP contribution >= 0.6 is 0 Å². The maximum Gasteiger partial charge on any atom is 0.326 e. The lowest BCUT2D eigenvalue weighted by Crippen LogP contribution is -2.49. The molecule has 1 rings (SSSR count). The van der Waals surface area contributed by atoms with Gasteiger partial charge in [-0.3, -0.25) is 4.79 Å². The number of aliphatic hydroxyl groups is 1. The zero-order valence-corrected chi connectivity index (χ0v) is 9.51. The van der Waals surface area contributed by atoms with Crippen molar-refractivity contribution in [2.75, 3.05) is 0 Å². The quantitative estimate of drug-likeness (QED) is 0.741. The van der Waals surface area contributed by atoms with Crippen molar-refractivity contribution in [3.8, 4) is 0 Å². The molecule has 0 amide bonds. The monoisotopic (exact) mass is 223 g/mol. The highest BCUT2D eigenvalue weighted by molar-refractivity contribution is 5.76. The van der Waals surface area contributed by atoms with Gasteiger partial charge in [0.2, 0.25) is 0 Å². The van der Waals surface area contributed by atoms with Crippen LogP contribution in [0.4, 0.5) is 0 Å². The van der Waals surface area contributed by atoms with E-state index in [9.17, 15) is 9.90 Å². The van der Waals surface area contributed by atoms with Gasteiger partial charge in [-0.1, -0.05) is 30.3 Å². The molecule has 4 heteroatoms. The summed E-state index contributed by atoms with van der Waals surface area (Å²) in [4.78, 5) is 11.5. The van der Waals surface area contributed by atoms with Gasteiger partial charge in [-0.05, 0) is 19.4 Å². The molecule has 0 aliphatic heterocycles. The van der Waals surface area contributed by atoms with Crippen LogP contribution in [0.1, 0.15) is 19.4 Å². The van der Waals surface area contributed by atoms with Gasteiger partial charge in [0.1, 0.15) is 12.6 Å². The highest BCUT2D eigenvalue weighted by Gasteiger charge is 2.30. The smallest absolute Gasteiger partial charge is 0.326 e. The summed E-state index contributed by atoms with van der Waals surface area (Å²) in [5.74, 6) is -0.601. The molecule has 1 aromatic carbocycles. The van der Waals surface area contributed by atoms with Crippen molar-refractivity contribution in [3.05, 3.63) is 35.9 Å². The minimum absolute atomic E-state index is 0.170. The second-order valence-corrected chi connectivity index (χ2v) is 4.22. The van der Waals surface area contributed by atoms with Crippen LogP contribution < -0.4 is 5.73 Å². The lowest BCUT2D eigenvalue weighted by atomic mass is 10.0. The molecule has 1 atom stereocenters. The van der Waals surface area contributed by atoms with E-state index < -0.39 is 17.6 Å². The number of benzene rings is 1. The normalized spacial score (nSPS) is 13.2. The number of rotatable bonds is 4. The summed E-state index contributed by atoms with van der Waals surface area (Å²) in [6, 6.07) is 8.27. The first-order valence-corrected chi connectivity index (χ1v) is 5.10. The van der Waals surface area contributed by atoms with E-state index >= 15 is 0 Å². The number of hydrogen-bond donors (Lipinski definition) is 2. The Morgan fingerprint density at radius 2 is 2.00 bits per heavy atom. The number of ether oxygens (including phenoxy) is 1. The molecule has 0 spiro atoms. The van der Waals surface area contributed by atoms with E-state index in [1.165, 1.54) is 13.8 Å². The highest BCUT2D eigenvalue weighted by atomic mass is 16.5. The van der Waals surface area contributed by atoms with Gasteiger partial charge in [0.25, 0.3) is 0 Å². The Balaban J connectivity index is 2.48. The van der Waals surface area contributed by atoms with Crippen molar-refractivity contribution in [1.29, 1.82) is 0 Å². The molecule has 0 aliphatic rings. The van der Waals surface area contributed by atoms with Gasteiger partial charge in [-0.25, -0.2) is 0 Å². The molecule has 0 saturated heterocycles. The first kappa shape index (κ1) is 12.7. The zero-order valence-electron chi connectivity index (χ0n) is 9.51. The third-order valence-electron chi connectivity index (χ3n) is 2.24. The van der Waals surface area contributed by atoms with E-state index in [2.05, 4.69) is 0 Å². The average Bonchev–Trinajstić information content (AvgIpc) is 2.25. The Morgan fingerprint density at radius 1 is 1.44 bits per heavy atom. The Morgan fingerprint density at radius 3 is 2.50 bits per heavy atom. The maximum absolute atomic E-state index is 11.5. The van der Waals surface area contributed by atoms with E-state index in [1.807, 2.05) is 30.3 Å². The van der Waals surface area contributed by atoms with Gasteiger partial charge in [0, 0.05) is 0 Å². The molecule has 88 valence electrons. The topological polar surface area (TPSA) is 72.5 Å².